The van der Waals surface area contributed by atoms with Crippen LogP contribution in [-0.2, 0) is 11.2 Å². The maximum atomic E-state index is 13.2. The monoisotopic (exact) mass is 313 g/mol. The van der Waals surface area contributed by atoms with Gasteiger partial charge in [-0.2, -0.15) is 0 Å². The number of nitrogens with zero attached hydrogens (tertiary/aromatic N) is 1. The van der Waals surface area contributed by atoms with Gasteiger partial charge in [-0.25, -0.2) is 4.39 Å². The summed E-state index contributed by atoms with van der Waals surface area (Å²) in [4.78, 5) is 25.6. The predicted molar refractivity (Wildman–Crippen MR) is 84.4 cm³/mol. The van der Waals surface area contributed by atoms with Gasteiger partial charge in [0.15, 0.2) is 12.4 Å². The summed E-state index contributed by atoms with van der Waals surface area (Å²) in [5, 5.41) is 0. The minimum absolute atomic E-state index is 0.139. The maximum absolute atomic E-state index is 13.2. The second-order valence-corrected chi connectivity index (χ2v) is 5.41. The van der Waals surface area contributed by atoms with Gasteiger partial charge in [0.25, 0.3) is 5.91 Å². The molecule has 0 radical (unpaired) electrons. The van der Waals surface area contributed by atoms with Crippen molar-refractivity contribution in [2.45, 2.75) is 13.3 Å². The van der Waals surface area contributed by atoms with E-state index in [-0.39, 0.29) is 29.6 Å². The lowest BCUT2D eigenvalue weighted by Crippen LogP contribution is -2.33. The molecule has 0 unspecified atom stereocenters. The topological polar surface area (TPSA) is 46.6 Å². The molecule has 1 heterocycles. The lowest BCUT2D eigenvalue weighted by atomic mass is 10.1. The van der Waals surface area contributed by atoms with Crippen molar-refractivity contribution in [1.29, 1.82) is 0 Å². The molecule has 0 atom stereocenters. The number of fused-ring (bicyclic) bond motifs is 1. The van der Waals surface area contributed by atoms with Crippen LogP contribution in [0.1, 0.15) is 22.8 Å². The molecule has 5 heteroatoms. The highest BCUT2D eigenvalue weighted by Gasteiger charge is 2.24. The molecule has 1 amide bonds. The number of Topliss-reactive ketones (excluding diaryl/α,β-unsaturated/α-hetero) is 1. The number of carbonyl (C=O) groups is 2. The molecule has 2 aromatic rings. The normalized spacial score (nSPS) is 12.9. The molecule has 0 aromatic heterocycles. The molecule has 0 aliphatic carbocycles. The van der Waals surface area contributed by atoms with E-state index < -0.39 is 5.82 Å². The van der Waals surface area contributed by atoms with Crippen molar-refractivity contribution < 1.29 is 18.7 Å². The molecular weight excluding hydrogens is 297 g/mol. The molecule has 0 saturated heterocycles. The van der Waals surface area contributed by atoms with Crippen LogP contribution in [0.15, 0.2) is 42.5 Å². The van der Waals surface area contributed by atoms with Crippen LogP contribution in [0.4, 0.5) is 10.1 Å². The lowest BCUT2D eigenvalue weighted by Gasteiger charge is -2.18. The van der Waals surface area contributed by atoms with Crippen molar-refractivity contribution in [2.24, 2.45) is 0 Å². The first-order chi connectivity index (χ1) is 11.1. The SMILES string of the molecule is CC(=O)c1cc(F)ccc1OCC(=O)N1CCc2ccccc21. The van der Waals surface area contributed by atoms with E-state index in [1.54, 1.807) is 4.90 Å². The van der Waals surface area contributed by atoms with Crippen LogP contribution in [0.5, 0.6) is 5.75 Å². The second kappa shape index (κ2) is 6.20. The van der Waals surface area contributed by atoms with Crippen molar-refractivity contribution in [1.82, 2.24) is 0 Å². The average molecular weight is 313 g/mol. The van der Waals surface area contributed by atoms with Crippen molar-refractivity contribution in [3.05, 3.63) is 59.4 Å². The molecule has 1 aliphatic rings. The van der Waals surface area contributed by atoms with Gasteiger partial charge in [0.1, 0.15) is 11.6 Å². The van der Waals surface area contributed by atoms with E-state index in [1.165, 1.54) is 19.1 Å². The zero-order valence-electron chi connectivity index (χ0n) is 12.7. The Balaban J connectivity index is 1.72. The number of hydrogen-bond donors (Lipinski definition) is 0. The smallest absolute Gasteiger partial charge is 0.264 e. The van der Waals surface area contributed by atoms with Gasteiger partial charge >= 0.3 is 0 Å². The fourth-order valence-electron chi connectivity index (χ4n) is 2.72. The molecule has 4 nitrogen and oxygen atoms in total. The molecule has 0 fully saturated rings. The van der Waals surface area contributed by atoms with Gasteiger partial charge in [0.05, 0.1) is 5.56 Å². The molecule has 118 valence electrons. The van der Waals surface area contributed by atoms with Crippen molar-refractivity contribution in [3.63, 3.8) is 0 Å². The summed E-state index contributed by atoms with van der Waals surface area (Å²) in [5.74, 6) is -0.783. The molecule has 0 spiro atoms. The van der Waals surface area contributed by atoms with E-state index in [9.17, 15) is 14.0 Å². The Morgan fingerprint density at radius 2 is 2.00 bits per heavy atom. The van der Waals surface area contributed by atoms with Gasteiger partial charge in [-0.1, -0.05) is 18.2 Å². The van der Waals surface area contributed by atoms with Crippen LogP contribution < -0.4 is 9.64 Å². The number of carbonyl (C=O) groups excluding carboxylic acids is 2. The molecule has 23 heavy (non-hydrogen) atoms. The fraction of sp³-hybridized carbons (Fsp3) is 0.222. The Labute approximate surface area is 133 Å². The summed E-state index contributed by atoms with van der Waals surface area (Å²) in [6, 6.07) is 11.4. The van der Waals surface area contributed by atoms with Crippen LogP contribution in [0, 0.1) is 5.82 Å². The molecule has 2 aromatic carbocycles. The molecular formula is C18H16FNO3. The standard InChI is InChI=1S/C18H16FNO3/c1-12(21)15-10-14(19)6-7-17(15)23-11-18(22)20-9-8-13-4-2-3-5-16(13)20/h2-7,10H,8-9,11H2,1H3. The summed E-state index contributed by atoms with van der Waals surface area (Å²) >= 11 is 0. The number of halogens is 1. The number of hydrogen-bond acceptors (Lipinski definition) is 3. The summed E-state index contributed by atoms with van der Waals surface area (Å²) in [7, 11) is 0. The Morgan fingerprint density at radius 1 is 1.22 bits per heavy atom. The Morgan fingerprint density at radius 3 is 2.78 bits per heavy atom. The van der Waals surface area contributed by atoms with Crippen LogP contribution in [-0.4, -0.2) is 24.8 Å². The molecule has 3 rings (SSSR count). The Bertz CT molecular complexity index is 773. The zero-order valence-corrected chi connectivity index (χ0v) is 12.7. The average Bonchev–Trinajstić information content (AvgIpc) is 2.97. The van der Waals surface area contributed by atoms with Gasteiger partial charge in [-0.05, 0) is 43.2 Å². The third kappa shape index (κ3) is 3.08. The first kappa shape index (κ1) is 15.2. The quantitative estimate of drug-likeness (QED) is 0.815. The number of anilines is 1. The van der Waals surface area contributed by atoms with E-state index in [2.05, 4.69) is 0 Å². The van der Waals surface area contributed by atoms with E-state index in [4.69, 9.17) is 4.74 Å². The third-order valence-corrected chi connectivity index (χ3v) is 3.86. The van der Waals surface area contributed by atoms with Gasteiger partial charge in [0.2, 0.25) is 0 Å². The predicted octanol–water partition coefficient (Wildman–Crippen LogP) is 3.00. The van der Waals surface area contributed by atoms with Gasteiger partial charge in [-0.3, -0.25) is 9.59 Å². The molecule has 0 N–H and O–H groups in total. The highest BCUT2D eigenvalue weighted by Crippen LogP contribution is 2.27. The summed E-state index contributed by atoms with van der Waals surface area (Å²) in [6.07, 6.45) is 0.817. The first-order valence-electron chi connectivity index (χ1n) is 7.38. The van der Waals surface area contributed by atoms with Gasteiger partial charge < -0.3 is 9.64 Å². The van der Waals surface area contributed by atoms with Crippen molar-refractivity contribution >= 4 is 17.4 Å². The molecule has 0 saturated carbocycles. The van der Waals surface area contributed by atoms with E-state index >= 15 is 0 Å². The number of ketones is 1. The first-order valence-corrected chi connectivity index (χ1v) is 7.38. The summed E-state index contributed by atoms with van der Waals surface area (Å²) < 4.78 is 18.7. The summed E-state index contributed by atoms with van der Waals surface area (Å²) in [6.45, 7) is 1.75. The highest BCUT2D eigenvalue weighted by molar-refractivity contribution is 5.98. The third-order valence-electron chi connectivity index (χ3n) is 3.86. The number of benzene rings is 2. The van der Waals surface area contributed by atoms with Crippen LogP contribution in [0.3, 0.4) is 0 Å². The van der Waals surface area contributed by atoms with Crippen LogP contribution in [0.2, 0.25) is 0 Å². The maximum Gasteiger partial charge on any atom is 0.264 e. The number of rotatable bonds is 4. The minimum Gasteiger partial charge on any atom is -0.483 e. The van der Waals surface area contributed by atoms with Gasteiger partial charge in [0, 0.05) is 12.2 Å². The van der Waals surface area contributed by atoms with Crippen LogP contribution in [0.25, 0.3) is 0 Å². The lowest BCUT2D eigenvalue weighted by molar-refractivity contribution is -0.120. The van der Waals surface area contributed by atoms with E-state index in [0.29, 0.717) is 6.54 Å². The van der Waals surface area contributed by atoms with Crippen molar-refractivity contribution in [3.8, 4) is 5.75 Å². The van der Waals surface area contributed by atoms with E-state index in [0.717, 1.165) is 23.7 Å². The zero-order chi connectivity index (χ0) is 16.4. The largest absolute Gasteiger partial charge is 0.483 e. The Kier molecular flexibility index (Phi) is 4.10. The van der Waals surface area contributed by atoms with Crippen molar-refractivity contribution in [2.75, 3.05) is 18.1 Å². The van der Waals surface area contributed by atoms with Crippen LogP contribution >= 0.6 is 0 Å². The molecule has 1 aliphatic heterocycles. The van der Waals surface area contributed by atoms with E-state index in [1.807, 2.05) is 24.3 Å². The number of ether oxygens (including phenoxy) is 1. The second-order valence-electron chi connectivity index (χ2n) is 5.41. The summed E-state index contributed by atoms with van der Waals surface area (Å²) in [5.41, 5.74) is 2.17. The highest BCUT2D eigenvalue weighted by atomic mass is 19.1. The minimum atomic E-state index is -0.512. The number of para-hydroxylation sites is 1. The van der Waals surface area contributed by atoms with Gasteiger partial charge in [-0.15, -0.1) is 0 Å². The molecule has 0 bridgehead atoms. The number of amides is 1. The fourth-order valence-corrected chi connectivity index (χ4v) is 2.72. The Hall–Kier alpha value is -2.69.